The first kappa shape index (κ1) is 26.8. The molecule has 0 atom stereocenters. The zero-order chi connectivity index (χ0) is 26.4. The zero-order valence-corrected chi connectivity index (χ0v) is 23.7. The first-order valence-corrected chi connectivity index (χ1v) is 13.3. The predicted octanol–water partition coefficient (Wildman–Crippen LogP) is 5.84. The molecule has 0 radical (unpaired) electrons. The summed E-state index contributed by atoms with van der Waals surface area (Å²) in [6.45, 7) is 2.76. The highest BCUT2D eigenvalue weighted by Crippen LogP contribution is 2.33. The summed E-state index contributed by atoms with van der Waals surface area (Å²) >= 11 is 6.92. The molecule has 0 spiro atoms. The second-order valence-electron chi connectivity index (χ2n) is 8.39. The predicted molar refractivity (Wildman–Crippen MR) is 154 cm³/mol. The first-order valence-electron chi connectivity index (χ1n) is 11.7. The fraction of sp³-hybridized carbons (Fsp3) is 0.214. The molecule has 2 amide bonds. The van der Waals surface area contributed by atoms with Crippen LogP contribution in [-0.4, -0.2) is 57.1 Å². The number of nitrogens with zero attached hydrogens (tertiary/aromatic N) is 2. The van der Waals surface area contributed by atoms with Crippen LogP contribution in [0.3, 0.4) is 0 Å². The van der Waals surface area contributed by atoms with Crippen molar-refractivity contribution in [3.8, 4) is 11.5 Å². The molecule has 0 bridgehead atoms. The van der Waals surface area contributed by atoms with E-state index in [4.69, 9.17) is 9.47 Å². The summed E-state index contributed by atoms with van der Waals surface area (Å²) in [6, 6.07) is 18.7. The van der Waals surface area contributed by atoms with Gasteiger partial charge in [-0.15, -0.1) is 0 Å². The zero-order valence-electron chi connectivity index (χ0n) is 20.5. The first-order chi connectivity index (χ1) is 17.9. The molecule has 1 aliphatic rings. The van der Waals surface area contributed by atoms with Crippen molar-refractivity contribution in [1.82, 2.24) is 4.90 Å². The number of carbonyl (C=O) groups excluding carboxylic acids is 2. The molecule has 7 nitrogen and oxygen atoms in total. The minimum Gasteiger partial charge on any atom is -0.497 e. The van der Waals surface area contributed by atoms with Crippen molar-refractivity contribution in [3.63, 3.8) is 0 Å². The van der Waals surface area contributed by atoms with E-state index >= 15 is 0 Å². The Kier molecular flexibility index (Phi) is 8.89. The van der Waals surface area contributed by atoms with Crippen molar-refractivity contribution in [2.24, 2.45) is 0 Å². The Bertz CT molecular complexity index is 1290. The number of nitrogens with one attached hydrogen (secondary N) is 1. The topological polar surface area (TPSA) is 71.1 Å². The van der Waals surface area contributed by atoms with Crippen molar-refractivity contribution in [1.29, 1.82) is 0 Å². The Labute approximate surface area is 233 Å². The Balaban J connectivity index is 1.31. The van der Waals surface area contributed by atoms with Gasteiger partial charge in [-0.2, -0.15) is 0 Å². The maximum absolute atomic E-state index is 12.8. The number of anilines is 2. The number of ether oxygens (including phenoxy) is 2. The summed E-state index contributed by atoms with van der Waals surface area (Å²) in [5, 5.41) is 2.89. The van der Waals surface area contributed by atoms with Gasteiger partial charge in [0.05, 0.1) is 18.7 Å². The number of amides is 2. The molecule has 0 aliphatic carbocycles. The molecule has 1 N–H and O–H groups in total. The Morgan fingerprint density at radius 1 is 0.892 bits per heavy atom. The van der Waals surface area contributed by atoms with E-state index in [1.807, 2.05) is 41.3 Å². The van der Waals surface area contributed by atoms with Gasteiger partial charge in [-0.25, -0.2) is 0 Å². The third-order valence-corrected chi connectivity index (χ3v) is 7.11. The van der Waals surface area contributed by atoms with E-state index in [9.17, 15) is 9.59 Å². The monoisotopic (exact) mass is 627 g/mol. The molecule has 192 valence electrons. The van der Waals surface area contributed by atoms with Crippen LogP contribution in [0.1, 0.15) is 15.9 Å². The maximum Gasteiger partial charge on any atom is 0.253 e. The molecule has 1 heterocycles. The lowest BCUT2D eigenvalue weighted by Gasteiger charge is -2.36. The van der Waals surface area contributed by atoms with Gasteiger partial charge in [-0.3, -0.25) is 9.59 Å². The molecular weight excluding hydrogens is 602 g/mol. The average Bonchev–Trinajstić information content (AvgIpc) is 2.92. The minimum atomic E-state index is -0.239. The summed E-state index contributed by atoms with van der Waals surface area (Å²) in [5.41, 5.74) is 3.19. The molecule has 3 aromatic rings. The van der Waals surface area contributed by atoms with E-state index in [1.54, 1.807) is 44.6 Å². The normalized spacial score (nSPS) is 13.5. The smallest absolute Gasteiger partial charge is 0.253 e. The number of rotatable bonds is 7. The molecule has 0 unspecified atom stereocenters. The largest absolute Gasteiger partial charge is 0.497 e. The van der Waals surface area contributed by atoms with Gasteiger partial charge >= 0.3 is 0 Å². The van der Waals surface area contributed by atoms with Crippen LogP contribution in [0.25, 0.3) is 6.08 Å². The number of hydrogen-bond acceptors (Lipinski definition) is 5. The van der Waals surface area contributed by atoms with Crippen LogP contribution in [0.4, 0.5) is 11.4 Å². The highest BCUT2D eigenvalue weighted by molar-refractivity contribution is 9.11. The molecular formula is C28H27Br2N3O4. The van der Waals surface area contributed by atoms with Crippen molar-refractivity contribution in [3.05, 3.63) is 86.8 Å². The van der Waals surface area contributed by atoms with E-state index in [1.165, 1.54) is 6.08 Å². The van der Waals surface area contributed by atoms with Crippen LogP contribution < -0.4 is 19.7 Å². The fourth-order valence-electron chi connectivity index (χ4n) is 4.11. The van der Waals surface area contributed by atoms with Gasteiger partial charge in [0.2, 0.25) is 5.91 Å². The summed E-state index contributed by atoms with van der Waals surface area (Å²) in [4.78, 5) is 29.4. The van der Waals surface area contributed by atoms with Crippen LogP contribution in [0, 0.1) is 0 Å². The van der Waals surface area contributed by atoms with Gasteiger partial charge in [0.1, 0.15) is 11.5 Å². The number of piperazine rings is 1. The second-order valence-corrected chi connectivity index (χ2v) is 10.2. The van der Waals surface area contributed by atoms with Gasteiger partial charge in [0, 0.05) is 59.2 Å². The molecule has 1 fully saturated rings. The van der Waals surface area contributed by atoms with E-state index in [0.717, 1.165) is 39.0 Å². The number of halogens is 2. The molecule has 0 aromatic heterocycles. The van der Waals surface area contributed by atoms with E-state index in [0.29, 0.717) is 30.1 Å². The van der Waals surface area contributed by atoms with Crippen molar-refractivity contribution >= 4 is 61.1 Å². The Morgan fingerprint density at radius 3 is 2.19 bits per heavy atom. The van der Waals surface area contributed by atoms with E-state index in [-0.39, 0.29) is 11.8 Å². The third kappa shape index (κ3) is 6.72. The second kappa shape index (κ2) is 12.3. The maximum atomic E-state index is 12.8. The average molecular weight is 629 g/mol. The van der Waals surface area contributed by atoms with Crippen LogP contribution in [0.5, 0.6) is 11.5 Å². The Hall–Kier alpha value is -3.30. The van der Waals surface area contributed by atoms with Crippen molar-refractivity contribution in [2.45, 2.75) is 0 Å². The molecule has 3 aromatic carbocycles. The van der Waals surface area contributed by atoms with Crippen LogP contribution >= 0.6 is 31.9 Å². The lowest BCUT2D eigenvalue weighted by atomic mass is 10.1. The highest BCUT2D eigenvalue weighted by Gasteiger charge is 2.22. The SMILES string of the molecule is COc1ccc(C(=O)N2CCN(c3ccc(NC(=O)/C=C/c4cc(Br)cc(Br)c4OC)cc3)CC2)cc1. The summed E-state index contributed by atoms with van der Waals surface area (Å²) in [6.07, 6.45) is 3.19. The minimum absolute atomic E-state index is 0.0289. The number of hydrogen-bond donors (Lipinski definition) is 1. The lowest BCUT2D eigenvalue weighted by molar-refractivity contribution is -0.111. The van der Waals surface area contributed by atoms with Gasteiger partial charge in [0.15, 0.2) is 0 Å². The quantitative estimate of drug-likeness (QED) is 0.333. The number of methoxy groups -OCH3 is 2. The molecule has 1 saturated heterocycles. The van der Waals surface area contributed by atoms with Crippen LogP contribution in [0.2, 0.25) is 0 Å². The molecule has 0 saturated carbocycles. The third-order valence-electron chi connectivity index (χ3n) is 6.06. The number of carbonyl (C=O) groups is 2. The lowest BCUT2D eigenvalue weighted by Crippen LogP contribution is -2.48. The van der Waals surface area contributed by atoms with Crippen LogP contribution in [-0.2, 0) is 4.79 Å². The van der Waals surface area contributed by atoms with Crippen molar-refractivity contribution < 1.29 is 19.1 Å². The summed E-state index contributed by atoms with van der Waals surface area (Å²) in [7, 11) is 3.20. The van der Waals surface area contributed by atoms with Crippen LogP contribution in [0.15, 0.2) is 75.7 Å². The van der Waals surface area contributed by atoms with Gasteiger partial charge in [-0.1, -0.05) is 15.9 Å². The standard InChI is InChI=1S/C28H27Br2N3O4/c1-36-24-10-3-19(4-11-24)28(35)33-15-13-32(14-16-33)23-8-6-22(7-9-23)31-26(34)12-5-20-17-21(29)18-25(30)27(20)37-2/h3-12,17-18H,13-16H2,1-2H3,(H,31,34)/b12-5+. The molecule has 37 heavy (non-hydrogen) atoms. The van der Waals surface area contributed by atoms with Gasteiger partial charge in [-0.05, 0) is 82.7 Å². The number of benzene rings is 3. The van der Waals surface area contributed by atoms with Gasteiger partial charge in [0.25, 0.3) is 5.91 Å². The van der Waals surface area contributed by atoms with E-state index in [2.05, 4.69) is 42.1 Å². The summed E-state index contributed by atoms with van der Waals surface area (Å²) < 4.78 is 12.3. The molecule has 4 rings (SSSR count). The molecule has 9 heteroatoms. The fourth-order valence-corrected chi connectivity index (χ4v) is 5.53. The van der Waals surface area contributed by atoms with Crippen molar-refractivity contribution in [2.75, 3.05) is 50.6 Å². The molecule has 1 aliphatic heterocycles. The van der Waals surface area contributed by atoms with E-state index < -0.39 is 0 Å². The Morgan fingerprint density at radius 2 is 1.57 bits per heavy atom. The van der Waals surface area contributed by atoms with Gasteiger partial charge < -0.3 is 24.6 Å². The summed E-state index contributed by atoms with van der Waals surface area (Å²) in [5.74, 6) is 1.18. The highest BCUT2D eigenvalue weighted by atomic mass is 79.9.